The predicted octanol–water partition coefficient (Wildman–Crippen LogP) is 1.71. The Morgan fingerprint density at radius 2 is 2.07 bits per heavy atom. The topological polar surface area (TPSA) is 94.2 Å². The second kappa shape index (κ2) is 6.99. The Balaban J connectivity index is 1.54. The summed E-state index contributed by atoms with van der Waals surface area (Å²) in [6.07, 6.45) is 7.44. The molecule has 0 fully saturated rings. The van der Waals surface area contributed by atoms with Crippen molar-refractivity contribution in [2.45, 2.75) is 25.9 Å². The highest BCUT2D eigenvalue weighted by molar-refractivity contribution is 5.79. The van der Waals surface area contributed by atoms with E-state index in [1.807, 2.05) is 35.9 Å². The van der Waals surface area contributed by atoms with Crippen LogP contribution < -0.4 is 10.9 Å². The number of imidazole rings is 1. The number of amides is 1. The average Bonchev–Trinajstić information content (AvgIpc) is 3.12. The number of aromatic nitrogens is 5. The van der Waals surface area contributed by atoms with Crippen molar-refractivity contribution in [3.05, 3.63) is 71.3 Å². The van der Waals surface area contributed by atoms with Gasteiger partial charge in [0.15, 0.2) is 0 Å². The number of nitrogens with zero attached hydrogens (tertiary/aromatic N) is 5. The van der Waals surface area contributed by atoms with Crippen LogP contribution in [0.15, 0.2) is 60.0 Å². The third-order valence-corrected chi connectivity index (χ3v) is 4.40. The highest BCUT2D eigenvalue weighted by Gasteiger charge is 2.17. The second-order valence-corrected chi connectivity index (χ2v) is 6.22. The number of benzene rings is 1. The Labute approximate surface area is 154 Å². The zero-order chi connectivity index (χ0) is 18.8. The van der Waals surface area contributed by atoms with E-state index in [1.165, 1.54) is 10.9 Å². The minimum absolute atomic E-state index is 0.0984. The molecule has 0 saturated carbocycles. The van der Waals surface area contributed by atoms with Crippen molar-refractivity contribution in [1.82, 2.24) is 29.2 Å². The molecule has 0 saturated heterocycles. The summed E-state index contributed by atoms with van der Waals surface area (Å²) in [6, 6.07) is 8.63. The largest absolute Gasteiger partial charge is 0.346 e. The number of hydrogen-bond acceptors (Lipinski definition) is 5. The molecule has 0 spiro atoms. The van der Waals surface area contributed by atoms with E-state index >= 15 is 0 Å². The molecule has 1 atom stereocenters. The van der Waals surface area contributed by atoms with Crippen LogP contribution in [0.25, 0.3) is 16.7 Å². The van der Waals surface area contributed by atoms with Crippen molar-refractivity contribution >= 4 is 22.6 Å². The molecule has 0 aliphatic carbocycles. The summed E-state index contributed by atoms with van der Waals surface area (Å²) in [4.78, 5) is 37.9. The second-order valence-electron chi connectivity index (χ2n) is 6.22. The van der Waals surface area contributed by atoms with Crippen molar-refractivity contribution in [1.29, 1.82) is 0 Å². The van der Waals surface area contributed by atoms with Gasteiger partial charge in [-0.2, -0.15) is 0 Å². The van der Waals surface area contributed by atoms with E-state index in [9.17, 15) is 9.59 Å². The summed E-state index contributed by atoms with van der Waals surface area (Å²) in [6.45, 7) is 1.87. The monoisotopic (exact) mass is 362 g/mol. The Bertz CT molecular complexity index is 1150. The smallest absolute Gasteiger partial charge is 0.261 e. The molecule has 0 radical (unpaired) electrons. The van der Waals surface area contributed by atoms with Gasteiger partial charge in [0.2, 0.25) is 11.7 Å². The van der Waals surface area contributed by atoms with Crippen LogP contribution in [0.1, 0.15) is 25.1 Å². The minimum Gasteiger partial charge on any atom is -0.346 e. The molecular weight excluding hydrogens is 344 g/mol. The fourth-order valence-corrected chi connectivity index (χ4v) is 3.01. The van der Waals surface area contributed by atoms with Crippen molar-refractivity contribution in [2.75, 3.05) is 0 Å². The zero-order valence-electron chi connectivity index (χ0n) is 14.7. The minimum atomic E-state index is -0.272. The number of fused-ring (bicyclic) bond motifs is 2. The molecule has 8 nitrogen and oxygen atoms in total. The van der Waals surface area contributed by atoms with Gasteiger partial charge in [0.1, 0.15) is 6.54 Å². The van der Waals surface area contributed by atoms with Crippen LogP contribution in [0.3, 0.4) is 0 Å². The first-order valence-corrected chi connectivity index (χ1v) is 8.69. The Kier molecular flexibility index (Phi) is 4.37. The summed E-state index contributed by atoms with van der Waals surface area (Å²) >= 11 is 0. The Morgan fingerprint density at radius 3 is 2.89 bits per heavy atom. The van der Waals surface area contributed by atoms with Crippen molar-refractivity contribution < 1.29 is 4.79 Å². The van der Waals surface area contributed by atoms with E-state index in [-0.39, 0.29) is 24.1 Å². The lowest BCUT2D eigenvalue weighted by atomic mass is 10.1. The number of hydrogen-bond donors (Lipinski definition) is 1. The van der Waals surface area contributed by atoms with Crippen LogP contribution in [0.4, 0.5) is 0 Å². The highest BCUT2D eigenvalue weighted by Crippen LogP contribution is 2.15. The summed E-state index contributed by atoms with van der Waals surface area (Å²) < 4.78 is 3.12. The number of nitrogens with one attached hydrogen (secondary N) is 1. The fraction of sp³-hybridized carbons (Fsp3) is 0.211. The molecule has 4 aromatic rings. The van der Waals surface area contributed by atoms with E-state index in [2.05, 4.69) is 20.3 Å². The molecular formula is C19H18N6O2. The lowest BCUT2D eigenvalue weighted by molar-refractivity contribution is -0.122. The molecule has 3 aromatic heterocycles. The zero-order valence-corrected chi connectivity index (χ0v) is 14.7. The molecule has 0 aliphatic rings. The molecule has 3 heterocycles. The Hall–Kier alpha value is -3.55. The lowest BCUT2D eigenvalue weighted by Gasteiger charge is -2.15. The number of rotatable bonds is 5. The van der Waals surface area contributed by atoms with Crippen LogP contribution in [0.5, 0.6) is 0 Å². The maximum atomic E-state index is 12.5. The van der Waals surface area contributed by atoms with E-state index < -0.39 is 0 Å². The number of carbonyl (C=O) groups is 1. The maximum Gasteiger partial charge on any atom is 0.261 e. The van der Waals surface area contributed by atoms with Crippen LogP contribution >= 0.6 is 0 Å². The van der Waals surface area contributed by atoms with Gasteiger partial charge in [-0.05, 0) is 24.6 Å². The van der Waals surface area contributed by atoms with Gasteiger partial charge in [-0.1, -0.05) is 19.1 Å². The van der Waals surface area contributed by atoms with Gasteiger partial charge in [0.05, 0.1) is 29.0 Å². The first-order chi connectivity index (χ1) is 13.2. The molecule has 1 aromatic carbocycles. The van der Waals surface area contributed by atoms with Gasteiger partial charge in [0.25, 0.3) is 5.56 Å². The quantitative estimate of drug-likeness (QED) is 0.583. The van der Waals surface area contributed by atoms with Gasteiger partial charge in [0, 0.05) is 18.6 Å². The van der Waals surface area contributed by atoms with Gasteiger partial charge in [-0.15, -0.1) is 0 Å². The first kappa shape index (κ1) is 16.9. The van der Waals surface area contributed by atoms with Crippen molar-refractivity contribution in [2.24, 2.45) is 0 Å². The van der Waals surface area contributed by atoms with E-state index in [1.54, 1.807) is 24.4 Å². The highest BCUT2D eigenvalue weighted by atomic mass is 16.2. The molecule has 8 heteroatoms. The van der Waals surface area contributed by atoms with Crippen LogP contribution in [0, 0.1) is 0 Å². The molecule has 1 amide bonds. The number of carbonyl (C=O) groups excluding carboxylic acids is 1. The van der Waals surface area contributed by atoms with Gasteiger partial charge < -0.3 is 5.32 Å². The Morgan fingerprint density at radius 1 is 1.22 bits per heavy atom. The molecule has 1 N–H and O–H groups in total. The summed E-state index contributed by atoms with van der Waals surface area (Å²) in [5.74, 6) is 0.307. The van der Waals surface area contributed by atoms with Crippen molar-refractivity contribution in [3.8, 4) is 0 Å². The lowest BCUT2D eigenvalue weighted by Crippen LogP contribution is -2.34. The van der Waals surface area contributed by atoms with E-state index in [4.69, 9.17) is 0 Å². The molecule has 0 bridgehead atoms. The molecule has 0 aliphatic heterocycles. The summed E-state index contributed by atoms with van der Waals surface area (Å²) in [7, 11) is 0. The molecule has 136 valence electrons. The maximum absolute atomic E-state index is 12.5. The molecule has 4 rings (SSSR count). The first-order valence-electron chi connectivity index (χ1n) is 8.69. The van der Waals surface area contributed by atoms with Gasteiger partial charge >= 0.3 is 0 Å². The third kappa shape index (κ3) is 3.29. The standard InChI is InChI=1S/C19H18N6O2/c1-2-14(16-10-24-9-5-8-20-19(24)23-16)22-17(26)11-25-12-21-15-7-4-3-6-13(15)18(25)27/h3-10,12,14H,2,11H2,1H3,(H,22,26)/t14-/m1/s1. The van der Waals surface area contributed by atoms with Gasteiger partial charge in [-0.3, -0.25) is 18.6 Å². The summed E-state index contributed by atoms with van der Waals surface area (Å²) in [5, 5.41) is 3.43. The molecule has 27 heavy (non-hydrogen) atoms. The van der Waals surface area contributed by atoms with E-state index in [0.717, 1.165) is 5.69 Å². The van der Waals surface area contributed by atoms with Gasteiger partial charge in [-0.25, -0.2) is 15.0 Å². The predicted molar refractivity (Wildman–Crippen MR) is 100 cm³/mol. The normalized spacial score (nSPS) is 12.3. The van der Waals surface area contributed by atoms with Crippen molar-refractivity contribution in [3.63, 3.8) is 0 Å². The van der Waals surface area contributed by atoms with E-state index in [0.29, 0.717) is 23.1 Å². The molecule has 0 unspecified atom stereocenters. The fourth-order valence-electron chi connectivity index (χ4n) is 3.01. The average molecular weight is 362 g/mol. The van der Waals surface area contributed by atoms with Crippen LogP contribution in [-0.2, 0) is 11.3 Å². The van der Waals surface area contributed by atoms with Crippen LogP contribution in [-0.4, -0.2) is 29.8 Å². The number of para-hydroxylation sites is 1. The summed E-state index contributed by atoms with van der Waals surface area (Å²) in [5.41, 5.74) is 1.11. The van der Waals surface area contributed by atoms with Crippen LogP contribution in [0.2, 0.25) is 0 Å². The SMILES string of the molecule is CC[C@@H](NC(=O)Cn1cnc2ccccc2c1=O)c1cn2cccnc2n1. The third-order valence-electron chi connectivity index (χ3n) is 4.40.